The molecule has 25 heavy (non-hydrogen) atoms. The Morgan fingerprint density at radius 3 is 2.72 bits per heavy atom. The second-order valence-electron chi connectivity index (χ2n) is 7.13. The fourth-order valence-corrected chi connectivity index (χ4v) is 4.95. The molecule has 0 N–H and O–H groups in total. The lowest BCUT2D eigenvalue weighted by Gasteiger charge is -2.34. The minimum absolute atomic E-state index is 0.0654. The van der Waals surface area contributed by atoms with Crippen LogP contribution in [0.5, 0.6) is 0 Å². The van der Waals surface area contributed by atoms with Gasteiger partial charge in [-0.25, -0.2) is 9.37 Å². The molecule has 0 bridgehead atoms. The van der Waals surface area contributed by atoms with E-state index in [4.69, 9.17) is 0 Å². The van der Waals surface area contributed by atoms with Gasteiger partial charge in [-0.05, 0) is 43.9 Å². The van der Waals surface area contributed by atoms with Crippen LogP contribution in [-0.2, 0) is 4.79 Å². The molecule has 2 aliphatic rings. The Morgan fingerprint density at radius 2 is 1.92 bits per heavy atom. The number of halogens is 1. The largest absolute Gasteiger partial charge is 0.347 e. The van der Waals surface area contributed by atoms with Crippen LogP contribution >= 0.6 is 11.3 Å². The topological polar surface area (TPSA) is 36.4 Å². The van der Waals surface area contributed by atoms with Crippen LogP contribution in [-0.4, -0.2) is 42.0 Å². The van der Waals surface area contributed by atoms with Crippen molar-refractivity contribution in [2.75, 3.05) is 31.1 Å². The summed E-state index contributed by atoms with van der Waals surface area (Å²) in [6, 6.07) is 4.72. The number of aromatic nitrogens is 1. The highest BCUT2D eigenvalue weighted by molar-refractivity contribution is 7.22. The normalized spacial score (nSPS) is 22.2. The monoisotopic (exact) mass is 361 g/mol. The highest BCUT2D eigenvalue weighted by Crippen LogP contribution is 2.32. The molecule has 1 aromatic carbocycles. The van der Waals surface area contributed by atoms with E-state index in [2.05, 4.69) is 14.8 Å². The van der Waals surface area contributed by atoms with Gasteiger partial charge in [-0.3, -0.25) is 4.79 Å². The highest BCUT2D eigenvalue weighted by Gasteiger charge is 2.30. The Hall–Kier alpha value is -1.69. The summed E-state index contributed by atoms with van der Waals surface area (Å²) in [4.78, 5) is 21.9. The van der Waals surface area contributed by atoms with Gasteiger partial charge < -0.3 is 9.80 Å². The molecule has 0 saturated carbocycles. The molecule has 2 fully saturated rings. The first-order valence-corrected chi connectivity index (χ1v) is 10.1. The summed E-state index contributed by atoms with van der Waals surface area (Å²) < 4.78 is 14.3. The maximum absolute atomic E-state index is 13.4. The van der Waals surface area contributed by atoms with Gasteiger partial charge in [0.1, 0.15) is 5.82 Å². The molecule has 2 aromatic rings. The van der Waals surface area contributed by atoms with Crippen molar-refractivity contribution in [3.05, 3.63) is 24.0 Å². The number of amides is 1. The molecule has 4 rings (SSSR count). The molecule has 0 aliphatic carbocycles. The molecule has 6 heteroatoms. The fourth-order valence-electron chi connectivity index (χ4n) is 3.92. The summed E-state index contributed by atoms with van der Waals surface area (Å²) in [7, 11) is 0. The molecule has 2 aliphatic heterocycles. The standard InChI is InChI=1S/C19H24FN3OS/c20-15-7-8-16-17(12-15)25-19(21-16)23-11-5-6-14(13-23)18(24)22-9-3-1-2-4-10-22/h7-8,12,14H,1-6,9-11,13H2. The first-order chi connectivity index (χ1) is 12.2. The number of benzene rings is 1. The molecule has 2 saturated heterocycles. The van der Waals surface area contributed by atoms with Crippen molar-refractivity contribution in [2.45, 2.75) is 38.5 Å². The van der Waals surface area contributed by atoms with Crippen LogP contribution in [0.3, 0.4) is 0 Å². The molecule has 1 aromatic heterocycles. The molecular weight excluding hydrogens is 337 g/mol. The van der Waals surface area contributed by atoms with Gasteiger partial charge in [0.25, 0.3) is 0 Å². The first-order valence-electron chi connectivity index (χ1n) is 9.30. The second kappa shape index (κ2) is 7.28. The van der Waals surface area contributed by atoms with Gasteiger partial charge in [-0.15, -0.1) is 0 Å². The third kappa shape index (κ3) is 3.64. The maximum Gasteiger partial charge on any atom is 0.227 e. The van der Waals surface area contributed by atoms with Crippen molar-refractivity contribution in [2.24, 2.45) is 5.92 Å². The Bertz CT molecular complexity index is 754. The highest BCUT2D eigenvalue weighted by atomic mass is 32.1. The number of likely N-dealkylation sites (tertiary alicyclic amines) is 1. The lowest BCUT2D eigenvalue weighted by atomic mass is 9.96. The van der Waals surface area contributed by atoms with Gasteiger partial charge in [-0.2, -0.15) is 0 Å². The average Bonchev–Trinajstić information content (AvgIpc) is 2.86. The Morgan fingerprint density at radius 1 is 1.12 bits per heavy atom. The van der Waals surface area contributed by atoms with E-state index in [0.717, 1.165) is 67.2 Å². The van der Waals surface area contributed by atoms with Crippen molar-refractivity contribution in [3.8, 4) is 0 Å². The van der Waals surface area contributed by atoms with Gasteiger partial charge >= 0.3 is 0 Å². The molecule has 1 unspecified atom stereocenters. The van der Waals surface area contributed by atoms with E-state index >= 15 is 0 Å². The zero-order valence-corrected chi connectivity index (χ0v) is 15.2. The minimum atomic E-state index is -0.226. The van der Waals surface area contributed by atoms with Gasteiger partial charge in [-0.1, -0.05) is 24.2 Å². The number of hydrogen-bond donors (Lipinski definition) is 0. The van der Waals surface area contributed by atoms with E-state index in [0.29, 0.717) is 5.91 Å². The van der Waals surface area contributed by atoms with E-state index in [1.807, 2.05) is 0 Å². The number of carbonyl (C=O) groups excluding carboxylic acids is 1. The van der Waals surface area contributed by atoms with E-state index in [9.17, 15) is 9.18 Å². The minimum Gasteiger partial charge on any atom is -0.347 e. The lowest BCUT2D eigenvalue weighted by Crippen LogP contribution is -2.45. The predicted molar refractivity (Wildman–Crippen MR) is 99.6 cm³/mol. The summed E-state index contributed by atoms with van der Waals surface area (Å²) in [5.74, 6) is 0.157. The molecule has 3 heterocycles. The number of piperidine rings is 1. The van der Waals surface area contributed by atoms with Gasteiger partial charge in [0, 0.05) is 26.2 Å². The molecule has 134 valence electrons. The summed E-state index contributed by atoms with van der Waals surface area (Å²) >= 11 is 1.52. The van der Waals surface area contributed by atoms with Crippen molar-refractivity contribution in [3.63, 3.8) is 0 Å². The number of carbonyl (C=O) groups is 1. The molecule has 1 amide bonds. The Kier molecular flexibility index (Phi) is 4.88. The van der Waals surface area contributed by atoms with Crippen LogP contribution in [0.15, 0.2) is 18.2 Å². The number of fused-ring (bicyclic) bond motifs is 1. The molecule has 1 atom stereocenters. The maximum atomic E-state index is 13.4. The summed E-state index contributed by atoms with van der Waals surface area (Å²) in [6.45, 7) is 3.48. The number of thiazole rings is 1. The molecular formula is C19H24FN3OS. The quantitative estimate of drug-likeness (QED) is 0.809. The third-order valence-electron chi connectivity index (χ3n) is 5.30. The smallest absolute Gasteiger partial charge is 0.227 e. The van der Waals surface area contributed by atoms with Crippen LogP contribution in [0.4, 0.5) is 9.52 Å². The molecule has 0 radical (unpaired) electrons. The molecule has 4 nitrogen and oxygen atoms in total. The Labute approximate surface area is 151 Å². The average molecular weight is 361 g/mol. The van der Waals surface area contributed by atoms with Crippen LogP contribution in [0.1, 0.15) is 38.5 Å². The van der Waals surface area contributed by atoms with Crippen molar-refractivity contribution < 1.29 is 9.18 Å². The van der Waals surface area contributed by atoms with E-state index in [1.54, 1.807) is 12.1 Å². The summed E-state index contributed by atoms with van der Waals surface area (Å²) in [6.07, 6.45) is 6.71. The number of hydrogen-bond acceptors (Lipinski definition) is 4. The second-order valence-corrected chi connectivity index (χ2v) is 8.14. The fraction of sp³-hybridized carbons (Fsp3) is 0.579. The van der Waals surface area contributed by atoms with E-state index in [1.165, 1.54) is 30.2 Å². The molecule has 0 spiro atoms. The predicted octanol–water partition coefficient (Wildman–Crippen LogP) is 4.05. The van der Waals surface area contributed by atoms with Crippen LogP contribution in [0.25, 0.3) is 10.2 Å². The van der Waals surface area contributed by atoms with Gasteiger partial charge in [0.2, 0.25) is 5.91 Å². The van der Waals surface area contributed by atoms with Crippen LogP contribution in [0.2, 0.25) is 0 Å². The number of nitrogens with zero attached hydrogens (tertiary/aromatic N) is 3. The van der Waals surface area contributed by atoms with E-state index < -0.39 is 0 Å². The summed E-state index contributed by atoms with van der Waals surface area (Å²) in [5.41, 5.74) is 0.836. The SMILES string of the molecule is O=C(C1CCCN(c2nc3ccc(F)cc3s2)C1)N1CCCCCC1. The van der Waals surface area contributed by atoms with Crippen LogP contribution in [0, 0.1) is 11.7 Å². The van der Waals surface area contributed by atoms with E-state index in [-0.39, 0.29) is 11.7 Å². The number of rotatable bonds is 2. The van der Waals surface area contributed by atoms with Crippen molar-refractivity contribution in [1.82, 2.24) is 9.88 Å². The summed E-state index contributed by atoms with van der Waals surface area (Å²) in [5, 5.41) is 0.911. The third-order valence-corrected chi connectivity index (χ3v) is 6.38. The van der Waals surface area contributed by atoms with Gasteiger partial charge in [0.15, 0.2) is 5.13 Å². The van der Waals surface area contributed by atoms with Crippen molar-refractivity contribution >= 4 is 32.6 Å². The lowest BCUT2D eigenvalue weighted by molar-refractivity contribution is -0.135. The zero-order chi connectivity index (χ0) is 17.2. The van der Waals surface area contributed by atoms with Crippen LogP contribution < -0.4 is 4.90 Å². The number of anilines is 1. The zero-order valence-electron chi connectivity index (χ0n) is 14.4. The van der Waals surface area contributed by atoms with Crippen molar-refractivity contribution in [1.29, 1.82) is 0 Å². The first kappa shape index (κ1) is 16.8. The Balaban J connectivity index is 1.48. The van der Waals surface area contributed by atoms with Gasteiger partial charge in [0.05, 0.1) is 16.1 Å².